The minimum atomic E-state index is 0.623. The van der Waals surface area contributed by atoms with Crippen molar-refractivity contribution in [3.63, 3.8) is 0 Å². The molecule has 0 bridgehead atoms. The van der Waals surface area contributed by atoms with Crippen LogP contribution in [0.25, 0.3) is 0 Å². The Morgan fingerprint density at radius 1 is 1.00 bits per heavy atom. The van der Waals surface area contributed by atoms with Crippen molar-refractivity contribution in [1.82, 2.24) is 10.2 Å². The lowest BCUT2D eigenvalue weighted by atomic mass is 10.0. The van der Waals surface area contributed by atoms with Crippen LogP contribution in [0.2, 0.25) is 0 Å². The quantitative estimate of drug-likeness (QED) is 0.668. The number of likely N-dealkylation sites (N-methyl/N-ethyl adjacent to an activating group) is 1. The summed E-state index contributed by atoms with van der Waals surface area (Å²) >= 11 is 0. The lowest BCUT2D eigenvalue weighted by Crippen LogP contribution is -2.39. The Morgan fingerprint density at radius 2 is 1.60 bits per heavy atom. The van der Waals surface area contributed by atoms with Gasteiger partial charge in [0.15, 0.2) is 0 Å². The van der Waals surface area contributed by atoms with Gasteiger partial charge in [-0.1, -0.05) is 26.7 Å². The fourth-order valence-corrected chi connectivity index (χ4v) is 1.49. The van der Waals surface area contributed by atoms with Gasteiger partial charge in [-0.05, 0) is 40.3 Å². The minimum Gasteiger partial charge on any atom is -0.313 e. The molecule has 0 saturated heterocycles. The predicted octanol–water partition coefficient (Wildman–Crippen LogP) is 2.74. The SMILES string of the molecule is CC(C)CCCC(C)NCC(C)N(C)C. The molecule has 0 aromatic heterocycles. The van der Waals surface area contributed by atoms with Crippen molar-refractivity contribution < 1.29 is 0 Å². The molecule has 2 nitrogen and oxygen atoms in total. The summed E-state index contributed by atoms with van der Waals surface area (Å²) in [4.78, 5) is 2.26. The third-order valence-electron chi connectivity index (χ3n) is 3.06. The zero-order valence-corrected chi connectivity index (χ0v) is 11.5. The zero-order chi connectivity index (χ0) is 11.8. The van der Waals surface area contributed by atoms with E-state index < -0.39 is 0 Å². The van der Waals surface area contributed by atoms with Gasteiger partial charge in [0.05, 0.1) is 0 Å². The molecule has 0 amide bonds. The van der Waals surface area contributed by atoms with E-state index in [-0.39, 0.29) is 0 Å². The second-order valence-corrected chi connectivity index (χ2v) is 5.45. The van der Waals surface area contributed by atoms with E-state index in [2.05, 4.69) is 52.0 Å². The van der Waals surface area contributed by atoms with Gasteiger partial charge in [-0.2, -0.15) is 0 Å². The average molecular weight is 214 g/mol. The molecule has 0 aromatic carbocycles. The summed E-state index contributed by atoms with van der Waals surface area (Å²) < 4.78 is 0. The summed E-state index contributed by atoms with van der Waals surface area (Å²) in [5.41, 5.74) is 0. The van der Waals surface area contributed by atoms with Crippen LogP contribution in [0, 0.1) is 5.92 Å². The molecule has 0 spiro atoms. The normalized spacial score (nSPS) is 16.0. The Hall–Kier alpha value is -0.0800. The molecule has 0 aliphatic carbocycles. The molecule has 2 unspecified atom stereocenters. The summed E-state index contributed by atoms with van der Waals surface area (Å²) in [5, 5.41) is 3.60. The van der Waals surface area contributed by atoms with E-state index in [4.69, 9.17) is 0 Å². The van der Waals surface area contributed by atoms with Crippen LogP contribution in [0.3, 0.4) is 0 Å². The fraction of sp³-hybridized carbons (Fsp3) is 1.00. The molecule has 0 aliphatic heterocycles. The Kier molecular flexibility index (Phi) is 8.07. The first-order chi connectivity index (χ1) is 6.93. The number of nitrogens with zero attached hydrogens (tertiary/aromatic N) is 1. The Balaban J connectivity index is 3.44. The van der Waals surface area contributed by atoms with Crippen LogP contribution in [0.5, 0.6) is 0 Å². The van der Waals surface area contributed by atoms with Gasteiger partial charge in [0.2, 0.25) is 0 Å². The van der Waals surface area contributed by atoms with E-state index >= 15 is 0 Å². The molecule has 0 radical (unpaired) electrons. The number of rotatable bonds is 8. The van der Waals surface area contributed by atoms with Crippen LogP contribution in [0.1, 0.15) is 47.0 Å². The maximum Gasteiger partial charge on any atom is 0.0186 e. The van der Waals surface area contributed by atoms with Crippen LogP contribution in [-0.4, -0.2) is 37.6 Å². The highest BCUT2D eigenvalue weighted by Crippen LogP contribution is 2.08. The summed E-state index contributed by atoms with van der Waals surface area (Å²) in [6, 6.07) is 1.28. The topological polar surface area (TPSA) is 15.3 Å². The van der Waals surface area contributed by atoms with Crippen molar-refractivity contribution in [2.75, 3.05) is 20.6 Å². The van der Waals surface area contributed by atoms with E-state index in [1.165, 1.54) is 19.3 Å². The molecule has 2 atom stereocenters. The Bertz CT molecular complexity index is 143. The van der Waals surface area contributed by atoms with Crippen molar-refractivity contribution >= 4 is 0 Å². The van der Waals surface area contributed by atoms with Crippen molar-refractivity contribution in [1.29, 1.82) is 0 Å². The molecule has 92 valence electrons. The van der Waals surface area contributed by atoms with Gasteiger partial charge in [0.1, 0.15) is 0 Å². The summed E-state index contributed by atoms with van der Waals surface area (Å²) in [6.45, 7) is 10.2. The van der Waals surface area contributed by atoms with Gasteiger partial charge in [-0.3, -0.25) is 0 Å². The fourth-order valence-electron chi connectivity index (χ4n) is 1.49. The first-order valence-electron chi connectivity index (χ1n) is 6.33. The molecule has 15 heavy (non-hydrogen) atoms. The molecule has 2 heteroatoms. The monoisotopic (exact) mass is 214 g/mol. The zero-order valence-electron chi connectivity index (χ0n) is 11.5. The van der Waals surface area contributed by atoms with E-state index in [1.807, 2.05) is 0 Å². The highest BCUT2D eigenvalue weighted by molar-refractivity contribution is 4.67. The molecule has 0 aliphatic rings. The van der Waals surface area contributed by atoms with Crippen molar-refractivity contribution in [3.8, 4) is 0 Å². The lowest BCUT2D eigenvalue weighted by molar-refractivity contribution is 0.291. The first-order valence-corrected chi connectivity index (χ1v) is 6.33. The highest BCUT2D eigenvalue weighted by atomic mass is 15.1. The largest absolute Gasteiger partial charge is 0.313 e. The highest BCUT2D eigenvalue weighted by Gasteiger charge is 2.07. The van der Waals surface area contributed by atoms with Crippen LogP contribution in [0.15, 0.2) is 0 Å². The van der Waals surface area contributed by atoms with Gasteiger partial charge >= 0.3 is 0 Å². The molecule has 1 N–H and O–H groups in total. The second-order valence-electron chi connectivity index (χ2n) is 5.45. The molecule has 0 aromatic rings. The van der Waals surface area contributed by atoms with Crippen LogP contribution in [0.4, 0.5) is 0 Å². The van der Waals surface area contributed by atoms with Gasteiger partial charge in [-0.25, -0.2) is 0 Å². The number of hydrogen-bond acceptors (Lipinski definition) is 2. The van der Waals surface area contributed by atoms with Gasteiger partial charge in [0.25, 0.3) is 0 Å². The van der Waals surface area contributed by atoms with Gasteiger partial charge < -0.3 is 10.2 Å². The number of nitrogens with one attached hydrogen (secondary N) is 1. The van der Waals surface area contributed by atoms with E-state index in [0.717, 1.165) is 12.5 Å². The maximum absolute atomic E-state index is 3.60. The van der Waals surface area contributed by atoms with Gasteiger partial charge in [-0.15, -0.1) is 0 Å². The van der Waals surface area contributed by atoms with Crippen LogP contribution >= 0.6 is 0 Å². The van der Waals surface area contributed by atoms with Crippen molar-refractivity contribution in [3.05, 3.63) is 0 Å². The standard InChI is InChI=1S/C13H30N2/c1-11(2)8-7-9-12(3)14-10-13(4)15(5)6/h11-14H,7-10H2,1-6H3. The predicted molar refractivity (Wildman–Crippen MR) is 69.3 cm³/mol. The minimum absolute atomic E-state index is 0.623. The van der Waals surface area contributed by atoms with Crippen LogP contribution in [-0.2, 0) is 0 Å². The molecular formula is C13H30N2. The van der Waals surface area contributed by atoms with E-state index in [0.29, 0.717) is 12.1 Å². The molecular weight excluding hydrogens is 184 g/mol. The van der Waals surface area contributed by atoms with Crippen LogP contribution < -0.4 is 5.32 Å². The molecule has 0 saturated carbocycles. The summed E-state index contributed by atoms with van der Waals surface area (Å²) in [5.74, 6) is 0.845. The van der Waals surface area contributed by atoms with E-state index in [1.54, 1.807) is 0 Å². The average Bonchev–Trinajstić information content (AvgIpc) is 2.13. The van der Waals surface area contributed by atoms with Gasteiger partial charge in [0, 0.05) is 18.6 Å². The summed E-state index contributed by atoms with van der Waals surface area (Å²) in [7, 11) is 4.27. The Labute approximate surface area is 96.4 Å². The molecule has 0 heterocycles. The Morgan fingerprint density at radius 3 is 2.07 bits per heavy atom. The second kappa shape index (κ2) is 8.12. The third kappa shape index (κ3) is 8.88. The third-order valence-corrected chi connectivity index (χ3v) is 3.06. The maximum atomic E-state index is 3.60. The summed E-state index contributed by atoms with van der Waals surface area (Å²) in [6.07, 6.45) is 4.01. The number of hydrogen-bond donors (Lipinski definition) is 1. The molecule has 0 fully saturated rings. The smallest absolute Gasteiger partial charge is 0.0186 e. The van der Waals surface area contributed by atoms with Crippen molar-refractivity contribution in [2.24, 2.45) is 5.92 Å². The van der Waals surface area contributed by atoms with E-state index in [9.17, 15) is 0 Å². The van der Waals surface area contributed by atoms with Crippen molar-refractivity contribution in [2.45, 2.75) is 59.0 Å². The lowest BCUT2D eigenvalue weighted by Gasteiger charge is -2.23. The first kappa shape index (κ1) is 14.9. The molecule has 0 rings (SSSR count).